The molecular formula is C11H18N4O. The maximum absolute atomic E-state index is 12.2. The molecule has 1 aliphatic rings. The van der Waals surface area contributed by atoms with Crippen LogP contribution in [0, 0.1) is 6.92 Å². The number of H-pyrrole nitrogens is 1. The van der Waals surface area contributed by atoms with Gasteiger partial charge in [-0.15, -0.1) is 0 Å². The molecule has 88 valence electrons. The van der Waals surface area contributed by atoms with Crippen LogP contribution in [0.1, 0.15) is 23.1 Å². The first-order valence-electron chi connectivity index (χ1n) is 5.59. The van der Waals surface area contributed by atoms with Gasteiger partial charge in [0.15, 0.2) is 0 Å². The van der Waals surface area contributed by atoms with Crippen LogP contribution in [0.2, 0.25) is 0 Å². The van der Waals surface area contributed by atoms with Gasteiger partial charge in [-0.1, -0.05) is 0 Å². The Labute approximate surface area is 95.4 Å². The fourth-order valence-corrected chi connectivity index (χ4v) is 2.12. The van der Waals surface area contributed by atoms with Crippen LogP contribution in [-0.2, 0) is 0 Å². The van der Waals surface area contributed by atoms with Crippen LogP contribution >= 0.6 is 0 Å². The molecule has 16 heavy (non-hydrogen) atoms. The number of nitrogens with zero attached hydrogens (tertiary/aromatic N) is 3. The lowest BCUT2D eigenvalue weighted by molar-refractivity contribution is 0.0527. The van der Waals surface area contributed by atoms with Gasteiger partial charge in [0.05, 0.1) is 0 Å². The molecule has 0 spiro atoms. The molecule has 5 nitrogen and oxygen atoms in total. The number of aromatic amines is 1. The molecule has 2 rings (SSSR count). The van der Waals surface area contributed by atoms with E-state index in [1.54, 1.807) is 6.07 Å². The molecule has 1 aliphatic heterocycles. The minimum Gasteiger partial charge on any atom is -0.332 e. The Bertz CT molecular complexity index is 387. The van der Waals surface area contributed by atoms with E-state index in [0.717, 1.165) is 25.3 Å². The zero-order valence-corrected chi connectivity index (χ0v) is 10.0. The van der Waals surface area contributed by atoms with Crippen LogP contribution in [0.3, 0.4) is 0 Å². The van der Waals surface area contributed by atoms with Crippen LogP contribution in [0.4, 0.5) is 0 Å². The molecule has 1 fully saturated rings. The minimum atomic E-state index is 0.0324. The zero-order valence-electron chi connectivity index (χ0n) is 10.0. The summed E-state index contributed by atoms with van der Waals surface area (Å²) in [5.41, 5.74) is 1.44. The molecule has 1 atom stereocenters. The Kier molecular flexibility index (Phi) is 2.96. The number of aromatic nitrogens is 2. The molecule has 1 unspecified atom stereocenters. The highest BCUT2D eigenvalue weighted by molar-refractivity contribution is 5.92. The van der Waals surface area contributed by atoms with Crippen LogP contribution in [-0.4, -0.2) is 58.6 Å². The van der Waals surface area contributed by atoms with Crippen molar-refractivity contribution in [1.82, 2.24) is 20.0 Å². The van der Waals surface area contributed by atoms with Crippen molar-refractivity contribution in [3.63, 3.8) is 0 Å². The van der Waals surface area contributed by atoms with E-state index >= 15 is 0 Å². The number of nitrogens with one attached hydrogen (secondary N) is 1. The van der Waals surface area contributed by atoms with Crippen molar-refractivity contribution in [3.8, 4) is 0 Å². The average Bonchev–Trinajstić information content (AvgIpc) is 2.64. The largest absolute Gasteiger partial charge is 0.332 e. The van der Waals surface area contributed by atoms with Gasteiger partial charge >= 0.3 is 0 Å². The van der Waals surface area contributed by atoms with Crippen molar-refractivity contribution < 1.29 is 4.79 Å². The van der Waals surface area contributed by atoms with Gasteiger partial charge in [0.2, 0.25) is 0 Å². The van der Waals surface area contributed by atoms with E-state index in [-0.39, 0.29) is 11.9 Å². The van der Waals surface area contributed by atoms with Gasteiger partial charge in [-0.2, -0.15) is 5.10 Å². The molecule has 1 N–H and O–H groups in total. The molecule has 1 amide bonds. The number of carbonyl (C=O) groups is 1. The fourth-order valence-electron chi connectivity index (χ4n) is 2.12. The van der Waals surface area contributed by atoms with E-state index in [1.807, 2.05) is 11.8 Å². The Morgan fingerprint density at radius 1 is 1.56 bits per heavy atom. The second kappa shape index (κ2) is 4.25. The van der Waals surface area contributed by atoms with Gasteiger partial charge < -0.3 is 9.80 Å². The first-order chi connectivity index (χ1) is 7.58. The second-order valence-corrected chi connectivity index (χ2v) is 4.55. The first kappa shape index (κ1) is 11.1. The van der Waals surface area contributed by atoms with E-state index in [4.69, 9.17) is 0 Å². The number of likely N-dealkylation sites (N-methyl/N-ethyl adjacent to an activating group) is 1. The van der Waals surface area contributed by atoms with Crippen molar-refractivity contribution >= 4 is 5.91 Å². The predicted octanol–water partition coefficient (Wildman–Crippen LogP) is 0.494. The summed E-state index contributed by atoms with van der Waals surface area (Å²) >= 11 is 0. The lowest BCUT2D eigenvalue weighted by Crippen LogP contribution is -2.52. The lowest BCUT2D eigenvalue weighted by atomic mass is 10.2. The summed E-state index contributed by atoms with van der Waals surface area (Å²) in [6, 6.07) is 2.05. The second-order valence-electron chi connectivity index (χ2n) is 4.55. The smallest absolute Gasteiger partial charge is 0.274 e. The van der Waals surface area contributed by atoms with Crippen LogP contribution in [0.5, 0.6) is 0 Å². The molecule has 1 saturated heterocycles. The van der Waals surface area contributed by atoms with Gasteiger partial charge in [0.25, 0.3) is 5.91 Å². The summed E-state index contributed by atoms with van der Waals surface area (Å²) < 4.78 is 0. The molecule has 0 aromatic carbocycles. The first-order valence-corrected chi connectivity index (χ1v) is 5.59. The minimum absolute atomic E-state index is 0.0324. The lowest BCUT2D eigenvalue weighted by Gasteiger charge is -2.37. The van der Waals surface area contributed by atoms with Crippen LogP contribution in [0.15, 0.2) is 6.07 Å². The van der Waals surface area contributed by atoms with E-state index in [0.29, 0.717) is 5.69 Å². The van der Waals surface area contributed by atoms with Gasteiger partial charge in [-0.25, -0.2) is 0 Å². The molecule has 0 saturated carbocycles. The Hall–Kier alpha value is -1.36. The summed E-state index contributed by atoms with van der Waals surface area (Å²) in [6.07, 6.45) is 0. The fraction of sp³-hybridized carbons (Fsp3) is 0.636. The molecule has 0 aliphatic carbocycles. The maximum Gasteiger partial charge on any atom is 0.274 e. The van der Waals surface area contributed by atoms with Gasteiger partial charge in [-0.05, 0) is 27.0 Å². The number of piperazine rings is 1. The van der Waals surface area contributed by atoms with Crippen molar-refractivity contribution in [1.29, 1.82) is 0 Å². The topological polar surface area (TPSA) is 52.2 Å². The van der Waals surface area contributed by atoms with Gasteiger partial charge in [0.1, 0.15) is 5.69 Å². The quantitative estimate of drug-likeness (QED) is 0.752. The standard InChI is InChI=1S/C11H18N4O/c1-8-6-10(13-12-8)11(16)15-5-4-14(3)7-9(15)2/h6,9H,4-5,7H2,1-3H3,(H,12,13). The van der Waals surface area contributed by atoms with E-state index in [2.05, 4.69) is 29.1 Å². The highest BCUT2D eigenvalue weighted by Gasteiger charge is 2.27. The van der Waals surface area contributed by atoms with Crippen molar-refractivity contribution in [2.75, 3.05) is 26.7 Å². The monoisotopic (exact) mass is 222 g/mol. The van der Waals surface area contributed by atoms with Crippen LogP contribution in [0.25, 0.3) is 0 Å². The third kappa shape index (κ3) is 2.09. The highest BCUT2D eigenvalue weighted by Crippen LogP contribution is 2.12. The maximum atomic E-state index is 12.2. The SMILES string of the molecule is Cc1cc(C(=O)N2CCN(C)CC2C)n[nH]1. The third-order valence-electron chi connectivity index (χ3n) is 3.02. The number of hydrogen-bond donors (Lipinski definition) is 1. The summed E-state index contributed by atoms with van der Waals surface area (Å²) in [6.45, 7) is 6.61. The normalized spacial score (nSPS) is 22.4. The molecule has 2 heterocycles. The highest BCUT2D eigenvalue weighted by atomic mass is 16.2. The Balaban J connectivity index is 2.10. The number of rotatable bonds is 1. The molecule has 1 aromatic rings. The van der Waals surface area contributed by atoms with Crippen molar-refractivity contribution in [2.45, 2.75) is 19.9 Å². The molecule has 0 radical (unpaired) electrons. The van der Waals surface area contributed by atoms with Crippen LogP contribution < -0.4 is 0 Å². The third-order valence-corrected chi connectivity index (χ3v) is 3.02. The van der Waals surface area contributed by atoms with Gasteiger partial charge in [0, 0.05) is 31.4 Å². The summed E-state index contributed by atoms with van der Waals surface area (Å²) in [5, 5.41) is 6.82. The molecule has 5 heteroatoms. The summed E-state index contributed by atoms with van der Waals surface area (Å²) in [7, 11) is 2.08. The summed E-state index contributed by atoms with van der Waals surface area (Å²) in [4.78, 5) is 16.3. The van der Waals surface area contributed by atoms with E-state index in [9.17, 15) is 4.79 Å². The zero-order chi connectivity index (χ0) is 11.7. The predicted molar refractivity (Wildman–Crippen MR) is 61.3 cm³/mol. The van der Waals surface area contributed by atoms with Crippen molar-refractivity contribution in [3.05, 3.63) is 17.5 Å². The number of amides is 1. The van der Waals surface area contributed by atoms with E-state index in [1.165, 1.54) is 0 Å². The number of carbonyl (C=O) groups excluding carboxylic acids is 1. The summed E-state index contributed by atoms with van der Waals surface area (Å²) in [5.74, 6) is 0.0324. The van der Waals surface area contributed by atoms with E-state index < -0.39 is 0 Å². The molecule has 1 aromatic heterocycles. The Morgan fingerprint density at radius 3 is 2.88 bits per heavy atom. The molecular weight excluding hydrogens is 204 g/mol. The number of aryl methyl sites for hydroxylation is 1. The number of hydrogen-bond acceptors (Lipinski definition) is 3. The van der Waals surface area contributed by atoms with Crippen molar-refractivity contribution in [2.24, 2.45) is 0 Å². The molecule has 0 bridgehead atoms. The average molecular weight is 222 g/mol. The van der Waals surface area contributed by atoms with Gasteiger partial charge in [-0.3, -0.25) is 9.89 Å². The Morgan fingerprint density at radius 2 is 2.31 bits per heavy atom.